The van der Waals surface area contributed by atoms with E-state index >= 15 is 0 Å². The minimum absolute atomic E-state index is 0.438. The van der Waals surface area contributed by atoms with Gasteiger partial charge in [-0.2, -0.15) is 0 Å². The van der Waals surface area contributed by atoms with Gasteiger partial charge in [-0.1, -0.05) is 35.3 Å². The average molecular weight is 308 g/mol. The maximum Gasteiger partial charge on any atom is 0.152 e. The number of hydrazine groups is 1. The van der Waals surface area contributed by atoms with Gasteiger partial charge < -0.3 is 4.42 Å². The Bertz CT molecular complexity index is 757. The van der Waals surface area contributed by atoms with E-state index in [1.54, 1.807) is 24.4 Å². The largest absolute Gasteiger partial charge is 0.457 e. The highest BCUT2D eigenvalue weighted by molar-refractivity contribution is 6.34. The molecule has 3 N–H and O–H groups in total. The molecule has 0 amide bonds. The summed E-state index contributed by atoms with van der Waals surface area (Å²) in [5.74, 6) is 6.23. The zero-order valence-corrected chi connectivity index (χ0v) is 11.8. The lowest BCUT2D eigenvalue weighted by Gasteiger charge is -2.13. The number of nitrogens with two attached hydrogens (primary N) is 1. The predicted molar refractivity (Wildman–Crippen MR) is 79.6 cm³/mol. The number of pyridine rings is 1. The summed E-state index contributed by atoms with van der Waals surface area (Å²) in [6, 6.07) is 10.5. The fourth-order valence-corrected chi connectivity index (χ4v) is 2.55. The van der Waals surface area contributed by atoms with Gasteiger partial charge in [-0.15, -0.1) is 0 Å². The van der Waals surface area contributed by atoms with Crippen LogP contribution in [0.4, 0.5) is 0 Å². The first kappa shape index (κ1) is 13.4. The van der Waals surface area contributed by atoms with E-state index in [0.717, 1.165) is 5.39 Å². The van der Waals surface area contributed by atoms with E-state index in [0.29, 0.717) is 27.1 Å². The lowest BCUT2D eigenvalue weighted by molar-refractivity contribution is 0.471. The van der Waals surface area contributed by atoms with Crippen LogP contribution in [0, 0.1) is 0 Å². The van der Waals surface area contributed by atoms with E-state index in [-0.39, 0.29) is 0 Å². The number of aromatic nitrogens is 1. The zero-order valence-electron chi connectivity index (χ0n) is 10.3. The Morgan fingerprint density at radius 3 is 2.65 bits per heavy atom. The van der Waals surface area contributed by atoms with Gasteiger partial charge in [0, 0.05) is 11.6 Å². The first-order valence-electron chi connectivity index (χ1n) is 5.95. The third kappa shape index (κ3) is 2.27. The van der Waals surface area contributed by atoms with Gasteiger partial charge in [0.25, 0.3) is 0 Å². The second kappa shape index (κ2) is 5.42. The molecule has 3 rings (SSSR count). The molecule has 1 unspecified atom stereocenters. The lowest BCUT2D eigenvalue weighted by Crippen LogP contribution is -2.29. The molecule has 20 heavy (non-hydrogen) atoms. The highest BCUT2D eigenvalue weighted by Gasteiger charge is 2.21. The number of nitrogens with one attached hydrogen (secondary N) is 1. The second-order valence-electron chi connectivity index (χ2n) is 4.28. The van der Waals surface area contributed by atoms with Crippen molar-refractivity contribution in [3.05, 3.63) is 64.1 Å². The summed E-state index contributed by atoms with van der Waals surface area (Å²) in [7, 11) is 0. The molecule has 2 aromatic heterocycles. The summed E-state index contributed by atoms with van der Waals surface area (Å²) < 4.78 is 5.79. The summed E-state index contributed by atoms with van der Waals surface area (Å²) >= 11 is 12.3. The Balaban J connectivity index is 2.12. The highest BCUT2D eigenvalue weighted by atomic mass is 35.5. The molecule has 6 heteroatoms. The van der Waals surface area contributed by atoms with E-state index in [1.165, 1.54) is 0 Å². The Labute approximate surface area is 125 Å². The predicted octanol–water partition coefficient (Wildman–Crippen LogP) is 3.69. The van der Waals surface area contributed by atoms with Crippen molar-refractivity contribution in [2.45, 2.75) is 6.04 Å². The first-order chi connectivity index (χ1) is 9.70. The summed E-state index contributed by atoms with van der Waals surface area (Å²) in [6.07, 6.45) is 1.65. The van der Waals surface area contributed by atoms with Crippen molar-refractivity contribution in [1.29, 1.82) is 0 Å². The van der Waals surface area contributed by atoms with Crippen LogP contribution in [0.5, 0.6) is 0 Å². The van der Waals surface area contributed by atoms with Crippen molar-refractivity contribution < 1.29 is 4.42 Å². The van der Waals surface area contributed by atoms with Gasteiger partial charge >= 0.3 is 0 Å². The number of halogens is 2. The Morgan fingerprint density at radius 2 is 1.95 bits per heavy atom. The fourth-order valence-electron chi connectivity index (χ4n) is 2.10. The summed E-state index contributed by atoms with van der Waals surface area (Å²) in [5.41, 5.74) is 3.90. The van der Waals surface area contributed by atoms with E-state index in [2.05, 4.69) is 10.4 Å². The quantitative estimate of drug-likeness (QED) is 0.572. The SMILES string of the molecule is NNC(c1cc2cccc(Cl)c2o1)c1ncccc1Cl. The normalized spacial score (nSPS) is 12.8. The molecule has 0 fully saturated rings. The topological polar surface area (TPSA) is 64.1 Å². The van der Waals surface area contributed by atoms with Crippen LogP contribution in [0.3, 0.4) is 0 Å². The van der Waals surface area contributed by atoms with Crippen molar-refractivity contribution >= 4 is 34.2 Å². The average Bonchev–Trinajstić information content (AvgIpc) is 2.87. The van der Waals surface area contributed by atoms with Crippen molar-refractivity contribution in [1.82, 2.24) is 10.4 Å². The molecule has 2 heterocycles. The second-order valence-corrected chi connectivity index (χ2v) is 5.09. The van der Waals surface area contributed by atoms with Gasteiger partial charge in [0.2, 0.25) is 0 Å². The molecule has 0 aliphatic heterocycles. The summed E-state index contributed by atoms with van der Waals surface area (Å²) in [6.45, 7) is 0. The number of para-hydroxylation sites is 1. The van der Waals surface area contributed by atoms with Crippen molar-refractivity contribution in [3.8, 4) is 0 Å². The number of fused-ring (bicyclic) bond motifs is 1. The molecule has 0 spiro atoms. The summed E-state index contributed by atoms with van der Waals surface area (Å²) in [5, 5.41) is 1.97. The third-order valence-corrected chi connectivity index (χ3v) is 3.64. The minimum atomic E-state index is -0.438. The number of hydrogen-bond donors (Lipinski definition) is 2. The van der Waals surface area contributed by atoms with Crippen LogP contribution in [0.2, 0.25) is 10.0 Å². The molecule has 1 atom stereocenters. The Morgan fingerprint density at radius 1 is 1.15 bits per heavy atom. The van der Waals surface area contributed by atoms with E-state index in [4.69, 9.17) is 33.5 Å². The van der Waals surface area contributed by atoms with Crippen LogP contribution in [0.15, 0.2) is 47.0 Å². The van der Waals surface area contributed by atoms with Crippen molar-refractivity contribution in [2.75, 3.05) is 0 Å². The molecule has 0 aliphatic rings. The van der Waals surface area contributed by atoms with Crippen LogP contribution >= 0.6 is 23.2 Å². The fraction of sp³-hybridized carbons (Fsp3) is 0.0714. The molecule has 0 radical (unpaired) electrons. The highest BCUT2D eigenvalue weighted by Crippen LogP contribution is 2.32. The molecule has 0 bridgehead atoms. The molecule has 4 nitrogen and oxygen atoms in total. The lowest BCUT2D eigenvalue weighted by atomic mass is 10.1. The number of rotatable bonds is 3. The third-order valence-electron chi connectivity index (χ3n) is 3.03. The molecule has 3 aromatic rings. The van der Waals surface area contributed by atoms with E-state index < -0.39 is 6.04 Å². The minimum Gasteiger partial charge on any atom is -0.457 e. The van der Waals surface area contributed by atoms with Crippen molar-refractivity contribution in [3.63, 3.8) is 0 Å². The Hall–Kier alpha value is -1.59. The summed E-state index contributed by atoms with van der Waals surface area (Å²) in [4.78, 5) is 4.25. The van der Waals surface area contributed by atoms with Crippen LogP contribution in [0.1, 0.15) is 17.5 Å². The standard InChI is InChI=1S/C14H11Cl2N3O/c15-9-5-2-6-18-12(9)13(19-17)11-7-8-3-1-4-10(16)14(8)20-11/h1-7,13,19H,17H2. The van der Waals surface area contributed by atoms with Gasteiger partial charge in [-0.3, -0.25) is 10.8 Å². The molecule has 102 valence electrons. The molecular formula is C14H11Cl2N3O. The molecule has 0 saturated carbocycles. The van der Waals surface area contributed by atoms with Crippen LogP contribution in [-0.2, 0) is 0 Å². The maximum absolute atomic E-state index is 6.15. The van der Waals surface area contributed by atoms with E-state index in [1.807, 2.05) is 18.2 Å². The molecular weight excluding hydrogens is 297 g/mol. The maximum atomic E-state index is 6.15. The van der Waals surface area contributed by atoms with Gasteiger partial charge in [0.05, 0.1) is 15.7 Å². The smallest absolute Gasteiger partial charge is 0.152 e. The van der Waals surface area contributed by atoms with Crippen LogP contribution in [0.25, 0.3) is 11.0 Å². The number of benzene rings is 1. The monoisotopic (exact) mass is 307 g/mol. The number of furan rings is 1. The Kier molecular flexibility index (Phi) is 3.63. The number of hydrogen-bond acceptors (Lipinski definition) is 4. The first-order valence-corrected chi connectivity index (χ1v) is 6.71. The molecule has 0 aliphatic carbocycles. The van der Waals surface area contributed by atoms with Crippen molar-refractivity contribution in [2.24, 2.45) is 5.84 Å². The van der Waals surface area contributed by atoms with Gasteiger partial charge in [-0.25, -0.2) is 5.43 Å². The zero-order chi connectivity index (χ0) is 14.1. The molecule has 1 aromatic carbocycles. The van der Waals surface area contributed by atoms with Gasteiger partial charge in [0.15, 0.2) is 5.58 Å². The van der Waals surface area contributed by atoms with Crippen LogP contribution < -0.4 is 11.3 Å². The van der Waals surface area contributed by atoms with Gasteiger partial charge in [-0.05, 0) is 24.3 Å². The molecule has 0 saturated heterocycles. The van der Waals surface area contributed by atoms with Crippen LogP contribution in [-0.4, -0.2) is 4.98 Å². The van der Waals surface area contributed by atoms with E-state index in [9.17, 15) is 0 Å². The number of nitrogens with zero attached hydrogens (tertiary/aromatic N) is 1. The van der Waals surface area contributed by atoms with Gasteiger partial charge in [0.1, 0.15) is 11.8 Å².